The smallest absolute Gasteiger partial charge is 0.321 e. The van der Waals surface area contributed by atoms with Crippen molar-refractivity contribution in [2.45, 2.75) is 25.7 Å². The van der Waals surface area contributed by atoms with Crippen LogP contribution in [0.5, 0.6) is 0 Å². The van der Waals surface area contributed by atoms with Crippen molar-refractivity contribution >= 4 is 52.6 Å². The van der Waals surface area contributed by atoms with Gasteiger partial charge < -0.3 is 4.57 Å². The maximum absolute atomic E-state index is 13.0. The molecule has 154 valence electrons. The van der Waals surface area contributed by atoms with Crippen LogP contribution in [0.4, 0.5) is 10.5 Å². The van der Waals surface area contributed by atoms with E-state index in [0.717, 1.165) is 17.7 Å². The van der Waals surface area contributed by atoms with Crippen molar-refractivity contribution in [2.75, 3.05) is 4.90 Å². The molecule has 2 aromatic carbocycles. The van der Waals surface area contributed by atoms with Gasteiger partial charge in [0.05, 0.1) is 21.4 Å². The largest absolute Gasteiger partial charge is 0.343 e. The molecule has 0 aliphatic heterocycles. The molecule has 8 heteroatoms. The molecule has 0 fully saturated rings. The predicted octanol–water partition coefficient (Wildman–Crippen LogP) is 6.17. The molecular weight excluding hydrogens is 445 g/mol. The van der Waals surface area contributed by atoms with Crippen molar-refractivity contribution < 1.29 is 9.59 Å². The summed E-state index contributed by atoms with van der Waals surface area (Å²) in [5.41, 5.74) is 3.74. The van der Waals surface area contributed by atoms with Crippen LogP contribution in [0.2, 0.25) is 10.0 Å². The summed E-state index contributed by atoms with van der Waals surface area (Å²) in [6.07, 6.45) is 8.48. The number of nitrogens with one attached hydrogen (secondary N) is 1. The Kier molecular flexibility index (Phi) is 6.04. The standard InChI is InChI=1S/C22H18Cl3N3O2/c23-18-10-17(28(22(30)26-25)21(29)14-6-2-1-3-7-14)11-19(24)20(18)27-12-15-8-4-5-9-16(15)13-27/h1-3,6-7,10-13H,4-5,8-9H2,(H,26,30). The maximum atomic E-state index is 13.0. The zero-order chi connectivity index (χ0) is 21.3. The molecule has 3 amide bonds. The van der Waals surface area contributed by atoms with E-state index in [2.05, 4.69) is 0 Å². The summed E-state index contributed by atoms with van der Waals surface area (Å²) in [6, 6.07) is 10.7. The van der Waals surface area contributed by atoms with Crippen LogP contribution < -0.4 is 9.74 Å². The van der Waals surface area contributed by atoms with E-state index in [9.17, 15) is 9.59 Å². The van der Waals surface area contributed by atoms with Crippen molar-refractivity contribution in [1.82, 2.24) is 9.40 Å². The van der Waals surface area contributed by atoms with Gasteiger partial charge in [0, 0.05) is 29.7 Å². The minimum absolute atomic E-state index is 0.220. The molecule has 3 aromatic rings. The highest BCUT2D eigenvalue weighted by Crippen LogP contribution is 2.36. The number of anilines is 1. The Morgan fingerprint density at radius 3 is 2.03 bits per heavy atom. The Hall–Kier alpha value is -2.47. The van der Waals surface area contributed by atoms with Crippen LogP contribution in [0.15, 0.2) is 54.9 Å². The second-order valence-electron chi connectivity index (χ2n) is 7.09. The summed E-state index contributed by atoms with van der Waals surface area (Å²) < 4.78 is 1.91. The lowest BCUT2D eigenvalue weighted by Gasteiger charge is -2.21. The number of carbonyl (C=O) groups is 2. The molecule has 0 radical (unpaired) electrons. The van der Waals surface area contributed by atoms with Gasteiger partial charge in [0.15, 0.2) is 0 Å². The monoisotopic (exact) mass is 461 g/mol. The third kappa shape index (κ3) is 3.93. The molecule has 5 nitrogen and oxygen atoms in total. The molecule has 1 aliphatic carbocycles. The van der Waals surface area contributed by atoms with E-state index in [-0.39, 0.29) is 5.69 Å². The summed E-state index contributed by atoms with van der Waals surface area (Å²) in [4.78, 5) is 28.3. The molecule has 1 heterocycles. The normalized spacial score (nSPS) is 12.9. The van der Waals surface area contributed by atoms with Gasteiger partial charge in [-0.25, -0.2) is 14.5 Å². The summed E-state index contributed by atoms with van der Waals surface area (Å²) in [6.45, 7) is 0. The molecule has 0 saturated heterocycles. The highest BCUT2D eigenvalue weighted by molar-refractivity contribution is 6.39. The number of aryl methyl sites for hydroxylation is 2. The molecule has 0 saturated carbocycles. The third-order valence-electron chi connectivity index (χ3n) is 5.17. The average Bonchev–Trinajstić information content (AvgIpc) is 3.17. The van der Waals surface area contributed by atoms with Crippen LogP contribution in [-0.2, 0) is 12.8 Å². The molecule has 1 N–H and O–H groups in total. The average molecular weight is 463 g/mol. The van der Waals surface area contributed by atoms with Crippen molar-refractivity contribution in [3.63, 3.8) is 0 Å². The molecule has 0 unspecified atom stereocenters. The minimum atomic E-state index is -0.804. The number of hydrogen-bond acceptors (Lipinski definition) is 2. The van der Waals surface area contributed by atoms with Crippen LogP contribution in [0.25, 0.3) is 5.69 Å². The number of fused-ring (bicyclic) bond motifs is 1. The van der Waals surface area contributed by atoms with Crippen molar-refractivity contribution in [3.8, 4) is 5.69 Å². The number of imide groups is 1. The van der Waals surface area contributed by atoms with Crippen LogP contribution in [0, 0.1) is 0 Å². The predicted molar refractivity (Wildman–Crippen MR) is 120 cm³/mol. The van der Waals surface area contributed by atoms with Gasteiger partial charge in [-0.15, -0.1) is 0 Å². The Labute approximate surface area is 189 Å². The third-order valence-corrected chi connectivity index (χ3v) is 5.91. The van der Waals surface area contributed by atoms with Gasteiger partial charge in [-0.05, 0) is 61.1 Å². The first-order valence-corrected chi connectivity index (χ1v) is 10.6. The molecule has 1 aromatic heterocycles. The number of carbonyl (C=O) groups excluding carboxylic acids is 2. The van der Waals surface area contributed by atoms with Gasteiger partial charge in [0.25, 0.3) is 5.91 Å². The lowest BCUT2D eigenvalue weighted by atomic mass is 9.96. The number of aromatic nitrogens is 1. The van der Waals surface area contributed by atoms with Crippen molar-refractivity contribution in [2.24, 2.45) is 0 Å². The lowest BCUT2D eigenvalue weighted by molar-refractivity contribution is 0.0994. The molecule has 0 bridgehead atoms. The Morgan fingerprint density at radius 1 is 0.933 bits per heavy atom. The van der Waals surface area contributed by atoms with E-state index in [1.165, 1.54) is 36.1 Å². The first kappa shape index (κ1) is 20.8. The molecule has 30 heavy (non-hydrogen) atoms. The summed E-state index contributed by atoms with van der Waals surface area (Å²) in [5, 5.41) is 0.635. The molecule has 0 atom stereocenters. The topological polar surface area (TPSA) is 54.3 Å². The van der Waals surface area contributed by atoms with E-state index in [0.29, 0.717) is 21.3 Å². The number of nitrogens with zero attached hydrogens (tertiary/aromatic N) is 2. The van der Waals surface area contributed by atoms with E-state index in [4.69, 9.17) is 35.0 Å². The second kappa shape index (κ2) is 8.72. The first-order valence-electron chi connectivity index (χ1n) is 9.49. The van der Waals surface area contributed by atoms with Crippen molar-refractivity contribution in [3.05, 3.63) is 81.6 Å². The van der Waals surface area contributed by atoms with E-state index >= 15 is 0 Å². The molecular formula is C22H18Cl3N3O2. The van der Waals surface area contributed by atoms with Gasteiger partial charge in [-0.3, -0.25) is 4.79 Å². The van der Waals surface area contributed by atoms with Crippen LogP contribution in [-0.4, -0.2) is 16.5 Å². The molecule has 4 rings (SSSR count). The zero-order valence-corrected chi connectivity index (χ0v) is 18.1. The van der Waals surface area contributed by atoms with Gasteiger partial charge in [0.2, 0.25) is 0 Å². The zero-order valence-electron chi connectivity index (χ0n) is 15.9. The lowest BCUT2D eigenvalue weighted by Crippen LogP contribution is -2.41. The highest BCUT2D eigenvalue weighted by atomic mass is 35.5. The van der Waals surface area contributed by atoms with Crippen LogP contribution in [0.1, 0.15) is 34.3 Å². The van der Waals surface area contributed by atoms with E-state index < -0.39 is 11.9 Å². The number of urea groups is 1. The fourth-order valence-corrected chi connectivity index (χ4v) is 4.51. The minimum Gasteiger partial charge on any atom is -0.321 e. The van der Waals surface area contributed by atoms with E-state index in [1.807, 2.05) is 21.8 Å². The van der Waals surface area contributed by atoms with Crippen LogP contribution >= 0.6 is 35.0 Å². The van der Waals surface area contributed by atoms with Gasteiger partial charge in [-0.1, -0.05) is 41.4 Å². The Balaban J connectivity index is 1.75. The van der Waals surface area contributed by atoms with E-state index in [1.54, 1.807) is 30.3 Å². The van der Waals surface area contributed by atoms with Crippen LogP contribution in [0.3, 0.4) is 0 Å². The number of benzene rings is 2. The number of rotatable bonds is 3. The first-order chi connectivity index (χ1) is 14.5. The Morgan fingerprint density at radius 2 is 1.50 bits per heavy atom. The second-order valence-corrected chi connectivity index (χ2v) is 8.09. The van der Waals surface area contributed by atoms with Crippen molar-refractivity contribution in [1.29, 1.82) is 0 Å². The van der Waals surface area contributed by atoms with Gasteiger partial charge in [0.1, 0.15) is 0 Å². The fourth-order valence-electron chi connectivity index (χ4n) is 3.76. The number of halogens is 3. The van der Waals surface area contributed by atoms with Gasteiger partial charge in [-0.2, -0.15) is 0 Å². The maximum Gasteiger partial charge on any atom is 0.343 e. The Bertz CT molecular complexity index is 1070. The fraction of sp³-hybridized carbons (Fsp3) is 0.182. The van der Waals surface area contributed by atoms with Gasteiger partial charge >= 0.3 is 6.03 Å². The number of hydrogen-bond donors (Lipinski definition) is 1. The number of amides is 3. The molecule has 1 aliphatic rings. The molecule has 0 spiro atoms. The quantitative estimate of drug-likeness (QED) is 0.473. The highest BCUT2D eigenvalue weighted by Gasteiger charge is 2.26. The summed E-state index contributed by atoms with van der Waals surface area (Å²) in [7, 11) is 0. The summed E-state index contributed by atoms with van der Waals surface area (Å²) >= 11 is 18.7. The SMILES string of the molecule is O=C(NCl)N(C(=O)c1ccccc1)c1cc(Cl)c(-n2cc3c(c2)CCCC3)c(Cl)c1. The summed E-state index contributed by atoms with van der Waals surface area (Å²) in [5.74, 6) is -0.551.